The number of benzene rings is 8. The SMILES string of the molecule is CCCCCCCCC1(CCCCCCCC)c2cc(N(c3ccccc3)c3ccccc3-c3ccc4c(c3)C(C)(C)C(C)(C)O4)ccc2-c2ccc(N(c3ccccc3)c3ccccc3-c3ccc4c(c3)C(C)(C)C(C)(C)O4)cc21. The van der Waals surface area contributed by atoms with Crippen LogP contribution in [0.1, 0.15) is 181 Å². The first-order valence-corrected chi connectivity index (χ1v) is 31.0. The van der Waals surface area contributed by atoms with Crippen molar-refractivity contribution in [2.75, 3.05) is 9.80 Å². The summed E-state index contributed by atoms with van der Waals surface area (Å²) in [7, 11) is 0. The second kappa shape index (κ2) is 22.7. The van der Waals surface area contributed by atoms with Crippen LogP contribution in [0.25, 0.3) is 33.4 Å². The average Bonchev–Trinajstić information content (AvgIpc) is 4.12. The predicted molar refractivity (Wildman–Crippen MR) is 344 cm³/mol. The Hall–Kier alpha value is -7.04. The number of anilines is 6. The number of para-hydroxylation sites is 4. The van der Waals surface area contributed by atoms with Crippen molar-refractivity contribution >= 4 is 34.1 Å². The molecule has 11 rings (SSSR count). The molecule has 1 aliphatic carbocycles. The first kappa shape index (κ1) is 55.8. The highest BCUT2D eigenvalue weighted by molar-refractivity contribution is 5.93. The highest BCUT2D eigenvalue weighted by atomic mass is 16.5. The lowest BCUT2D eigenvalue weighted by Gasteiger charge is -2.35. The van der Waals surface area contributed by atoms with Crippen molar-refractivity contribution in [3.63, 3.8) is 0 Å². The molecule has 2 aliphatic heterocycles. The third-order valence-corrected chi connectivity index (χ3v) is 19.7. The monoisotopic (exact) mass is 1070 g/mol. The van der Waals surface area contributed by atoms with Gasteiger partial charge in [0.15, 0.2) is 0 Å². The minimum atomic E-state index is -0.317. The van der Waals surface area contributed by atoms with E-state index < -0.39 is 0 Å². The highest BCUT2D eigenvalue weighted by Gasteiger charge is 2.50. The maximum Gasteiger partial charge on any atom is 0.124 e. The smallest absolute Gasteiger partial charge is 0.124 e. The van der Waals surface area contributed by atoms with Gasteiger partial charge in [0.2, 0.25) is 0 Å². The molecular weight excluding hydrogens is 985 g/mol. The van der Waals surface area contributed by atoms with Gasteiger partial charge < -0.3 is 19.3 Å². The Morgan fingerprint density at radius 2 is 0.691 bits per heavy atom. The molecule has 2 heterocycles. The Morgan fingerprint density at radius 1 is 0.321 bits per heavy atom. The van der Waals surface area contributed by atoms with Gasteiger partial charge in [-0.25, -0.2) is 0 Å². The molecule has 0 saturated carbocycles. The standard InChI is InChI=1S/C77H88N2O2/c1-11-13-15-17-19-31-49-77(50-32-20-18-16-14-12-2)65-53-59(78(57-33-23-21-24-34-57)69-39-29-27-37-61(69)55-41-47-71-67(51-55)73(3,4)75(7,8)80-71)43-45-63(65)64-46-44-60(54-66(64)77)79(58-35-25-22-26-36-58)70-40-30-28-38-62(70)56-42-48-72-68(52-56)74(5,6)76(9,10)81-72/h21-30,33-48,51-54H,11-20,31-32,49-50H2,1-10H3. The van der Waals surface area contributed by atoms with Gasteiger partial charge in [0.25, 0.3) is 0 Å². The van der Waals surface area contributed by atoms with Crippen LogP contribution in [0, 0.1) is 0 Å². The first-order chi connectivity index (χ1) is 39.1. The lowest BCUT2D eigenvalue weighted by molar-refractivity contribution is 0.0711. The number of ether oxygens (including phenoxy) is 2. The lowest BCUT2D eigenvalue weighted by Crippen LogP contribution is -2.41. The number of nitrogens with zero attached hydrogens (tertiary/aromatic N) is 2. The molecule has 8 aromatic rings. The number of hydrogen-bond acceptors (Lipinski definition) is 4. The summed E-state index contributed by atoms with van der Waals surface area (Å²) in [6, 6.07) is 69.0. The van der Waals surface area contributed by atoms with Crippen LogP contribution in [0.3, 0.4) is 0 Å². The summed E-state index contributed by atoms with van der Waals surface area (Å²) in [6.45, 7) is 22.8. The van der Waals surface area contributed by atoms with Gasteiger partial charge in [-0.05, 0) is 159 Å². The minimum Gasteiger partial charge on any atom is -0.487 e. The van der Waals surface area contributed by atoms with Gasteiger partial charge in [-0.2, -0.15) is 0 Å². The molecule has 0 fully saturated rings. The van der Waals surface area contributed by atoms with Crippen molar-refractivity contribution in [2.45, 2.75) is 187 Å². The van der Waals surface area contributed by atoms with Crippen LogP contribution >= 0.6 is 0 Å². The Morgan fingerprint density at radius 3 is 1.10 bits per heavy atom. The van der Waals surface area contributed by atoms with E-state index in [1.807, 2.05) is 0 Å². The molecule has 3 aliphatic rings. The molecular formula is C77H88N2O2. The average molecular weight is 1070 g/mol. The van der Waals surface area contributed by atoms with Crippen molar-refractivity contribution in [2.24, 2.45) is 0 Å². The molecule has 0 spiro atoms. The molecule has 81 heavy (non-hydrogen) atoms. The number of rotatable bonds is 22. The van der Waals surface area contributed by atoms with Gasteiger partial charge in [0.05, 0.1) is 11.4 Å². The van der Waals surface area contributed by atoms with Crippen LogP contribution in [0.15, 0.2) is 182 Å². The fraction of sp³-hybridized carbons (Fsp3) is 0.377. The Balaban J connectivity index is 1.08. The summed E-state index contributed by atoms with van der Waals surface area (Å²) < 4.78 is 13.2. The van der Waals surface area contributed by atoms with Crippen molar-refractivity contribution < 1.29 is 9.47 Å². The topological polar surface area (TPSA) is 24.9 Å². The molecule has 4 nitrogen and oxygen atoms in total. The van der Waals surface area contributed by atoms with Gasteiger partial charge in [-0.3, -0.25) is 0 Å². The third-order valence-electron chi connectivity index (χ3n) is 19.7. The number of hydrogen-bond donors (Lipinski definition) is 0. The van der Waals surface area contributed by atoms with E-state index in [1.54, 1.807) is 0 Å². The Labute approximate surface area is 486 Å². The molecule has 0 amide bonds. The zero-order valence-corrected chi connectivity index (χ0v) is 50.4. The van der Waals surface area contributed by atoms with Crippen LogP contribution < -0.4 is 19.3 Å². The van der Waals surface area contributed by atoms with Gasteiger partial charge in [0, 0.05) is 61.2 Å². The zero-order chi connectivity index (χ0) is 56.6. The second-order valence-electron chi connectivity index (χ2n) is 25.9. The quantitative estimate of drug-likeness (QED) is 0.0632. The van der Waals surface area contributed by atoms with Crippen LogP contribution in [-0.4, -0.2) is 11.2 Å². The molecule has 418 valence electrons. The Bertz CT molecular complexity index is 3260. The van der Waals surface area contributed by atoms with Crippen LogP contribution in [-0.2, 0) is 16.2 Å². The highest BCUT2D eigenvalue weighted by Crippen LogP contribution is 2.59. The zero-order valence-electron chi connectivity index (χ0n) is 50.4. The lowest BCUT2D eigenvalue weighted by atomic mass is 9.70. The summed E-state index contributed by atoms with van der Waals surface area (Å²) in [6.07, 6.45) is 17.4. The Kier molecular flexibility index (Phi) is 15.7. The molecule has 0 radical (unpaired) electrons. The van der Waals surface area contributed by atoms with E-state index in [0.29, 0.717) is 0 Å². The minimum absolute atomic E-state index is 0.162. The van der Waals surface area contributed by atoms with E-state index in [2.05, 4.69) is 261 Å². The third kappa shape index (κ3) is 10.3. The number of fused-ring (bicyclic) bond motifs is 5. The first-order valence-electron chi connectivity index (χ1n) is 31.0. The molecule has 0 atom stereocenters. The van der Waals surface area contributed by atoms with Gasteiger partial charge >= 0.3 is 0 Å². The summed E-state index contributed by atoms with van der Waals surface area (Å²) >= 11 is 0. The van der Waals surface area contributed by atoms with E-state index in [0.717, 1.165) is 47.1 Å². The molecule has 0 unspecified atom stereocenters. The fourth-order valence-corrected chi connectivity index (χ4v) is 13.7. The summed E-state index contributed by atoms with van der Waals surface area (Å²) in [5, 5.41) is 0. The maximum absolute atomic E-state index is 6.61. The largest absolute Gasteiger partial charge is 0.487 e. The molecule has 0 bridgehead atoms. The summed E-state index contributed by atoms with van der Waals surface area (Å²) in [4.78, 5) is 5.06. The van der Waals surface area contributed by atoms with E-state index in [1.165, 1.54) is 144 Å². The summed E-state index contributed by atoms with van der Waals surface area (Å²) in [5.74, 6) is 1.97. The maximum atomic E-state index is 6.61. The summed E-state index contributed by atoms with van der Waals surface area (Å²) in [5.41, 5.74) is 18.8. The fourth-order valence-electron chi connectivity index (χ4n) is 13.7. The van der Waals surface area contributed by atoms with Crippen molar-refractivity contribution in [1.82, 2.24) is 0 Å². The van der Waals surface area contributed by atoms with Crippen molar-refractivity contribution in [3.05, 3.63) is 204 Å². The molecule has 0 N–H and O–H groups in total. The second-order valence-corrected chi connectivity index (χ2v) is 25.9. The van der Waals surface area contributed by atoms with E-state index in [-0.39, 0.29) is 27.4 Å². The molecule has 8 aromatic carbocycles. The van der Waals surface area contributed by atoms with Gasteiger partial charge in [-0.1, -0.05) is 216 Å². The molecule has 0 saturated heterocycles. The molecule has 0 aromatic heterocycles. The van der Waals surface area contributed by atoms with Crippen LogP contribution in [0.4, 0.5) is 34.1 Å². The van der Waals surface area contributed by atoms with Crippen LogP contribution in [0.5, 0.6) is 11.5 Å². The van der Waals surface area contributed by atoms with Crippen LogP contribution in [0.2, 0.25) is 0 Å². The van der Waals surface area contributed by atoms with Gasteiger partial charge in [-0.15, -0.1) is 0 Å². The van der Waals surface area contributed by atoms with E-state index in [4.69, 9.17) is 9.47 Å². The number of unbranched alkanes of at least 4 members (excludes halogenated alkanes) is 10. The van der Waals surface area contributed by atoms with E-state index >= 15 is 0 Å². The predicted octanol–water partition coefficient (Wildman–Crippen LogP) is 22.6. The van der Waals surface area contributed by atoms with Crippen molar-refractivity contribution in [3.8, 4) is 44.9 Å². The normalized spacial score (nSPS) is 16.2. The van der Waals surface area contributed by atoms with Crippen molar-refractivity contribution in [1.29, 1.82) is 0 Å². The van der Waals surface area contributed by atoms with Gasteiger partial charge in [0.1, 0.15) is 22.7 Å². The molecule has 4 heteroatoms. The van der Waals surface area contributed by atoms with E-state index in [9.17, 15) is 0 Å².